The molecule has 1 heterocycles. The number of rotatable bonds is 6. The molecule has 0 radical (unpaired) electrons. The summed E-state index contributed by atoms with van der Waals surface area (Å²) in [5.74, 6) is -0.407. The van der Waals surface area contributed by atoms with E-state index in [1.54, 1.807) is 6.07 Å². The van der Waals surface area contributed by atoms with Gasteiger partial charge in [0, 0.05) is 44.9 Å². The van der Waals surface area contributed by atoms with Gasteiger partial charge in [0.25, 0.3) is 0 Å². The van der Waals surface area contributed by atoms with Crippen LogP contribution in [0.25, 0.3) is 0 Å². The van der Waals surface area contributed by atoms with Crippen LogP contribution in [0.1, 0.15) is 5.56 Å². The largest absolute Gasteiger partial charge is 0.378 e. The topological polar surface area (TPSA) is 82.6 Å². The highest BCUT2D eigenvalue weighted by molar-refractivity contribution is 7.89. The zero-order chi connectivity index (χ0) is 18.6. The van der Waals surface area contributed by atoms with E-state index in [4.69, 9.17) is 0 Å². The highest BCUT2D eigenvalue weighted by atomic mass is 32.2. The zero-order valence-electron chi connectivity index (χ0n) is 14.7. The standard InChI is InChI=1S/C17H22N4O3S/c1-13-10-14(20(2)3)7-8-16(13)19-17(22)12-21(4)25(23,24)15-6-5-9-18-11-15/h5-11H,12H2,1-4H3,(H,19,22). The minimum atomic E-state index is -3.75. The number of carbonyl (C=O) groups excluding carboxylic acids is 1. The highest BCUT2D eigenvalue weighted by Crippen LogP contribution is 2.21. The Labute approximate surface area is 148 Å². The summed E-state index contributed by atoms with van der Waals surface area (Å²) in [5, 5.41) is 2.75. The number of carbonyl (C=O) groups is 1. The quantitative estimate of drug-likeness (QED) is 0.846. The van der Waals surface area contributed by atoms with Crippen molar-refractivity contribution in [1.29, 1.82) is 0 Å². The van der Waals surface area contributed by atoms with Crippen LogP contribution < -0.4 is 10.2 Å². The molecule has 134 valence electrons. The van der Waals surface area contributed by atoms with E-state index in [1.165, 1.54) is 31.6 Å². The molecule has 0 aliphatic rings. The second-order valence-corrected chi connectivity index (χ2v) is 7.94. The first-order valence-corrected chi connectivity index (χ1v) is 9.10. The van der Waals surface area contributed by atoms with Gasteiger partial charge in [0.05, 0.1) is 6.54 Å². The van der Waals surface area contributed by atoms with Crippen LogP contribution in [0.15, 0.2) is 47.6 Å². The number of amides is 1. The molecule has 1 amide bonds. The molecule has 8 heteroatoms. The molecule has 0 saturated carbocycles. The third kappa shape index (κ3) is 4.55. The SMILES string of the molecule is Cc1cc(N(C)C)ccc1NC(=O)CN(C)S(=O)(=O)c1cccnc1. The molecule has 2 rings (SSSR count). The molecule has 1 aromatic carbocycles. The number of anilines is 2. The smallest absolute Gasteiger partial charge is 0.244 e. The summed E-state index contributed by atoms with van der Waals surface area (Å²) in [4.78, 5) is 18.1. The van der Waals surface area contributed by atoms with Crippen molar-refractivity contribution in [3.05, 3.63) is 48.3 Å². The molecule has 0 unspecified atom stereocenters. The van der Waals surface area contributed by atoms with E-state index in [-0.39, 0.29) is 11.4 Å². The lowest BCUT2D eigenvalue weighted by Gasteiger charge is -2.18. The molecule has 0 fully saturated rings. The van der Waals surface area contributed by atoms with Crippen LogP contribution in [0.2, 0.25) is 0 Å². The molecular formula is C17H22N4O3S. The minimum absolute atomic E-state index is 0.0526. The Morgan fingerprint density at radius 2 is 1.92 bits per heavy atom. The van der Waals surface area contributed by atoms with E-state index < -0.39 is 15.9 Å². The Morgan fingerprint density at radius 1 is 1.20 bits per heavy atom. The van der Waals surface area contributed by atoms with Crippen molar-refractivity contribution in [2.24, 2.45) is 0 Å². The third-order valence-electron chi connectivity index (χ3n) is 3.71. The van der Waals surface area contributed by atoms with Crippen LogP contribution in [0.5, 0.6) is 0 Å². The summed E-state index contributed by atoms with van der Waals surface area (Å²) in [6, 6.07) is 8.62. The van der Waals surface area contributed by atoms with Crippen molar-refractivity contribution in [3.63, 3.8) is 0 Å². The van der Waals surface area contributed by atoms with Crippen molar-refractivity contribution in [2.45, 2.75) is 11.8 Å². The van der Waals surface area contributed by atoms with Crippen molar-refractivity contribution >= 4 is 27.3 Å². The minimum Gasteiger partial charge on any atom is -0.378 e. The second kappa shape index (κ2) is 7.62. The van der Waals surface area contributed by atoms with Gasteiger partial charge >= 0.3 is 0 Å². The monoisotopic (exact) mass is 362 g/mol. The van der Waals surface area contributed by atoms with E-state index in [9.17, 15) is 13.2 Å². The number of nitrogens with zero attached hydrogens (tertiary/aromatic N) is 3. The maximum Gasteiger partial charge on any atom is 0.244 e. The van der Waals surface area contributed by atoms with Gasteiger partial charge in [-0.25, -0.2) is 8.42 Å². The summed E-state index contributed by atoms with van der Waals surface area (Å²) in [6.07, 6.45) is 2.75. The Bertz CT molecular complexity index is 851. The molecule has 2 aromatic rings. The number of pyridine rings is 1. The summed E-state index contributed by atoms with van der Waals surface area (Å²) in [7, 11) is 1.49. The third-order valence-corrected chi connectivity index (χ3v) is 5.50. The van der Waals surface area contributed by atoms with Crippen LogP contribution in [0.4, 0.5) is 11.4 Å². The van der Waals surface area contributed by atoms with Gasteiger partial charge in [0.1, 0.15) is 4.90 Å². The van der Waals surface area contributed by atoms with Crippen LogP contribution in [-0.2, 0) is 14.8 Å². The molecule has 0 spiro atoms. The Kier molecular flexibility index (Phi) is 5.76. The Morgan fingerprint density at radius 3 is 2.48 bits per heavy atom. The van der Waals surface area contributed by atoms with Gasteiger partial charge in [-0.1, -0.05) is 0 Å². The van der Waals surface area contributed by atoms with Crippen LogP contribution >= 0.6 is 0 Å². The van der Waals surface area contributed by atoms with Crippen LogP contribution in [0, 0.1) is 6.92 Å². The number of likely N-dealkylation sites (N-methyl/N-ethyl adjacent to an activating group) is 1. The number of hydrogen-bond donors (Lipinski definition) is 1. The fourth-order valence-electron chi connectivity index (χ4n) is 2.22. The van der Waals surface area contributed by atoms with Gasteiger partial charge in [-0.3, -0.25) is 9.78 Å². The molecule has 0 saturated heterocycles. The summed E-state index contributed by atoms with van der Waals surface area (Å²) >= 11 is 0. The molecule has 0 bridgehead atoms. The predicted molar refractivity (Wildman–Crippen MR) is 98.2 cm³/mol. The molecule has 1 N–H and O–H groups in total. The maximum absolute atomic E-state index is 12.4. The molecule has 1 aromatic heterocycles. The van der Waals surface area contributed by atoms with Gasteiger partial charge in [-0.15, -0.1) is 0 Å². The number of nitrogens with one attached hydrogen (secondary N) is 1. The number of aryl methyl sites for hydroxylation is 1. The second-order valence-electron chi connectivity index (χ2n) is 5.89. The molecular weight excluding hydrogens is 340 g/mol. The van der Waals surface area contributed by atoms with E-state index >= 15 is 0 Å². The molecule has 0 aliphatic carbocycles. The fraction of sp³-hybridized carbons (Fsp3) is 0.294. The molecule has 0 atom stereocenters. The summed E-state index contributed by atoms with van der Waals surface area (Å²) in [6.45, 7) is 1.60. The van der Waals surface area contributed by atoms with Crippen molar-refractivity contribution in [1.82, 2.24) is 9.29 Å². The molecule has 25 heavy (non-hydrogen) atoms. The van der Waals surface area contributed by atoms with E-state index in [1.807, 2.05) is 38.1 Å². The first-order chi connectivity index (χ1) is 11.7. The van der Waals surface area contributed by atoms with Crippen molar-refractivity contribution < 1.29 is 13.2 Å². The van der Waals surface area contributed by atoms with Gasteiger partial charge in [-0.05, 0) is 42.8 Å². The van der Waals surface area contributed by atoms with E-state index in [0.29, 0.717) is 5.69 Å². The van der Waals surface area contributed by atoms with E-state index in [2.05, 4.69) is 10.3 Å². The number of sulfonamides is 1. The average Bonchev–Trinajstić information content (AvgIpc) is 2.57. The Hall–Kier alpha value is -2.45. The fourth-order valence-corrected chi connectivity index (χ4v) is 3.31. The first kappa shape index (κ1) is 18.9. The normalized spacial score (nSPS) is 11.4. The first-order valence-electron chi connectivity index (χ1n) is 7.66. The number of hydrogen-bond acceptors (Lipinski definition) is 5. The highest BCUT2D eigenvalue weighted by Gasteiger charge is 2.23. The predicted octanol–water partition coefficient (Wildman–Crippen LogP) is 1.72. The lowest BCUT2D eigenvalue weighted by Crippen LogP contribution is -2.35. The van der Waals surface area contributed by atoms with Gasteiger partial charge in [-0.2, -0.15) is 4.31 Å². The van der Waals surface area contributed by atoms with Gasteiger partial charge in [0.2, 0.25) is 15.9 Å². The number of benzene rings is 1. The summed E-state index contributed by atoms with van der Waals surface area (Å²) in [5.41, 5.74) is 2.58. The van der Waals surface area contributed by atoms with Gasteiger partial charge < -0.3 is 10.2 Å². The molecule has 0 aliphatic heterocycles. The van der Waals surface area contributed by atoms with Gasteiger partial charge in [0.15, 0.2) is 0 Å². The maximum atomic E-state index is 12.4. The molecule has 7 nitrogen and oxygen atoms in total. The summed E-state index contributed by atoms with van der Waals surface area (Å²) < 4.78 is 25.8. The van der Waals surface area contributed by atoms with Crippen molar-refractivity contribution in [2.75, 3.05) is 37.9 Å². The van der Waals surface area contributed by atoms with Crippen LogP contribution in [0.3, 0.4) is 0 Å². The Balaban J connectivity index is 2.07. The van der Waals surface area contributed by atoms with E-state index in [0.717, 1.165) is 15.6 Å². The lowest BCUT2D eigenvalue weighted by atomic mass is 10.1. The van der Waals surface area contributed by atoms with Crippen molar-refractivity contribution in [3.8, 4) is 0 Å². The zero-order valence-corrected chi connectivity index (χ0v) is 15.5. The lowest BCUT2D eigenvalue weighted by molar-refractivity contribution is -0.116. The average molecular weight is 362 g/mol. The van der Waals surface area contributed by atoms with Crippen LogP contribution in [-0.4, -0.2) is 51.3 Å². The number of aromatic nitrogens is 1.